The van der Waals surface area contributed by atoms with E-state index in [-0.39, 0.29) is 5.69 Å². The Kier molecular flexibility index (Phi) is 6.33. The van der Waals surface area contributed by atoms with Crippen molar-refractivity contribution in [3.8, 4) is 11.5 Å². The van der Waals surface area contributed by atoms with Gasteiger partial charge in [0.2, 0.25) is 0 Å². The number of ether oxygens (including phenoxy) is 2. The number of rotatable bonds is 7. The zero-order chi connectivity index (χ0) is 15.9. The highest BCUT2D eigenvalue weighted by Gasteiger charge is 2.38. The lowest BCUT2D eigenvalue weighted by Gasteiger charge is -2.14. The summed E-state index contributed by atoms with van der Waals surface area (Å²) in [7, 11) is 0. The Morgan fingerprint density at radius 3 is 2.19 bits per heavy atom. The molecule has 0 fully saturated rings. The van der Waals surface area contributed by atoms with Crippen molar-refractivity contribution in [3.63, 3.8) is 0 Å². The van der Waals surface area contributed by atoms with Crippen LogP contribution in [0.2, 0.25) is 0 Å². The molecule has 0 saturated carbocycles. The molecule has 4 nitrogen and oxygen atoms in total. The van der Waals surface area contributed by atoms with Crippen LogP contribution < -0.4 is 14.8 Å². The molecule has 0 atom stereocenters. The first-order valence-electron chi connectivity index (χ1n) is 6.66. The lowest BCUT2D eigenvalue weighted by Crippen LogP contribution is -2.29. The fourth-order valence-corrected chi connectivity index (χ4v) is 1.44. The SMILES string of the molecule is CCCOc1ccc(NC(=O)C(F)(F)F)cc1OCCC. The third-order valence-electron chi connectivity index (χ3n) is 2.38. The minimum atomic E-state index is -4.93. The van der Waals surface area contributed by atoms with Gasteiger partial charge in [0.25, 0.3) is 0 Å². The van der Waals surface area contributed by atoms with Crippen molar-refractivity contribution in [2.24, 2.45) is 0 Å². The number of hydrogen-bond donors (Lipinski definition) is 1. The molecule has 0 radical (unpaired) electrons. The normalized spacial score (nSPS) is 11.1. The van der Waals surface area contributed by atoms with E-state index in [1.54, 1.807) is 5.32 Å². The van der Waals surface area contributed by atoms with Crippen molar-refractivity contribution in [2.45, 2.75) is 32.9 Å². The van der Waals surface area contributed by atoms with Gasteiger partial charge in [-0.2, -0.15) is 13.2 Å². The van der Waals surface area contributed by atoms with Crippen molar-refractivity contribution in [1.29, 1.82) is 0 Å². The van der Waals surface area contributed by atoms with Crippen LogP contribution in [0, 0.1) is 0 Å². The van der Waals surface area contributed by atoms with E-state index in [1.165, 1.54) is 18.2 Å². The zero-order valence-corrected chi connectivity index (χ0v) is 11.9. The number of halogens is 3. The third-order valence-corrected chi connectivity index (χ3v) is 2.38. The summed E-state index contributed by atoms with van der Waals surface area (Å²) in [5.41, 5.74) is 0.00674. The van der Waals surface area contributed by atoms with E-state index in [0.717, 1.165) is 12.8 Å². The van der Waals surface area contributed by atoms with Crippen LogP contribution in [0.25, 0.3) is 0 Å². The summed E-state index contributed by atoms with van der Waals surface area (Å²) >= 11 is 0. The molecule has 118 valence electrons. The zero-order valence-electron chi connectivity index (χ0n) is 11.9. The highest BCUT2D eigenvalue weighted by molar-refractivity contribution is 5.95. The van der Waals surface area contributed by atoms with Gasteiger partial charge >= 0.3 is 12.1 Å². The summed E-state index contributed by atoms with van der Waals surface area (Å²) < 4.78 is 47.5. The van der Waals surface area contributed by atoms with Gasteiger partial charge in [0.15, 0.2) is 11.5 Å². The average molecular weight is 305 g/mol. The van der Waals surface area contributed by atoms with E-state index in [1.807, 2.05) is 13.8 Å². The summed E-state index contributed by atoms with van der Waals surface area (Å²) in [6.45, 7) is 4.71. The molecule has 0 aliphatic carbocycles. The van der Waals surface area contributed by atoms with Crippen molar-refractivity contribution in [2.75, 3.05) is 18.5 Å². The average Bonchev–Trinajstić information content (AvgIpc) is 2.43. The van der Waals surface area contributed by atoms with Crippen molar-refractivity contribution in [1.82, 2.24) is 0 Å². The number of hydrogen-bond acceptors (Lipinski definition) is 3. The molecule has 0 spiro atoms. The molecule has 0 aromatic heterocycles. The molecule has 1 rings (SSSR count). The molecule has 1 aromatic carbocycles. The van der Waals surface area contributed by atoms with Gasteiger partial charge in [-0.15, -0.1) is 0 Å². The standard InChI is InChI=1S/C14H18F3NO3/c1-3-7-20-11-6-5-10(9-12(11)21-8-4-2)18-13(19)14(15,16)17/h5-6,9H,3-4,7-8H2,1-2H3,(H,18,19). The monoisotopic (exact) mass is 305 g/mol. The predicted octanol–water partition coefficient (Wildman–Crippen LogP) is 3.77. The molecule has 21 heavy (non-hydrogen) atoms. The van der Waals surface area contributed by atoms with Crippen molar-refractivity contribution >= 4 is 11.6 Å². The van der Waals surface area contributed by atoms with Crippen LogP contribution in [0.1, 0.15) is 26.7 Å². The second-order valence-electron chi connectivity index (χ2n) is 4.31. The molecule has 1 amide bonds. The summed E-state index contributed by atoms with van der Waals surface area (Å²) in [6, 6.07) is 4.14. The van der Waals surface area contributed by atoms with Gasteiger partial charge < -0.3 is 14.8 Å². The molecule has 1 N–H and O–H groups in total. The number of benzene rings is 1. The smallest absolute Gasteiger partial charge is 0.471 e. The predicted molar refractivity (Wildman–Crippen MR) is 72.7 cm³/mol. The van der Waals surface area contributed by atoms with Gasteiger partial charge in [-0.1, -0.05) is 13.8 Å². The Bertz CT molecular complexity index is 475. The fraction of sp³-hybridized carbons (Fsp3) is 0.500. The number of anilines is 1. The lowest BCUT2D eigenvalue weighted by molar-refractivity contribution is -0.167. The molecule has 0 heterocycles. The minimum Gasteiger partial charge on any atom is -0.490 e. The fourth-order valence-electron chi connectivity index (χ4n) is 1.44. The summed E-state index contributed by atoms with van der Waals surface area (Å²) in [4.78, 5) is 10.9. The Morgan fingerprint density at radius 1 is 1.10 bits per heavy atom. The molecule has 7 heteroatoms. The van der Waals surface area contributed by atoms with Gasteiger partial charge in [-0.05, 0) is 25.0 Å². The lowest BCUT2D eigenvalue weighted by atomic mass is 10.2. The van der Waals surface area contributed by atoms with Crippen LogP contribution in [0.5, 0.6) is 11.5 Å². The molecule has 0 saturated heterocycles. The van der Waals surface area contributed by atoms with E-state index in [4.69, 9.17) is 9.47 Å². The second kappa shape index (κ2) is 7.75. The number of carbonyl (C=O) groups is 1. The van der Waals surface area contributed by atoms with Crippen LogP contribution in [0.3, 0.4) is 0 Å². The molecule has 0 unspecified atom stereocenters. The maximum atomic E-state index is 12.2. The first kappa shape index (κ1) is 17.1. The topological polar surface area (TPSA) is 47.6 Å². The largest absolute Gasteiger partial charge is 0.490 e. The Balaban J connectivity index is 2.89. The Morgan fingerprint density at radius 2 is 1.67 bits per heavy atom. The van der Waals surface area contributed by atoms with Crippen LogP contribution in [-0.2, 0) is 4.79 Å². The molecule has 0 aliphatic heterocycles. The molecule has 1 aromatic rings. The number of nitrogens with one attached hydrogen (secondary N) is 1. The summed E-state index contributed by atoms with van der Waals surface area (Å²) in [5, 5.41) is 1.78. The van der Waals surface area contributed by atoms with E-state index < -0.39 is 12.1 Å². The highest BCUT2D eigenvalue weighted by Crippen LogP contribution is 2.31. The second-order valence-corrected chi connectivity index (χ2v) is 4.31. The van der Waals surface area contributed by atoms with Crippen molar-refractivity contribution < 1.29 is 27.4 Å². The first-order chi connectivity index (χ1) is 9.88. The maximum absolute atomic E-state index is 12.2. The van der Waals surface area contributed by atoms with Gasteiger partial charge in [-0.3, -0.25) is 4.79 Å². The van der Waals surface area contributed by atoms with Crippen LogP contribution in [0.15, 0.2) is 18.2 Å². The van der Waals surface area contributed by atoms with Crippen LogP contribution in [0.4, 0.5) is 18.9 Å². The van der Waals surface area contributed by atoms with E-state index >= 15 is 0 Å². The maximum Gasteiger partial charge on any atom is 0.471 e. The van der Waals surface area contributed by atoms with Crippen LogP contribution >= 0.6 is 0 Å². The Labute approximate surface area is 121 Å². The van der Waals surface area contributed by atoms with Gasteiger partial charge in [0, 0.05) is 11.8 Å². The quantitative estimate of drug-likeness (QED) is 0.834. The number of amides is 1. The third kappa shape index (κ3) is 5.53. The minimum absolute atomic E-state index is 0.00674. The molecular weight excluding hydrogens is 287 g/mol. The summed E-state index contributed by atoms with van der Waals surface area (Å²) in [6.07, 6.45) is -3.39. The van der Waals surface area contributed by atoms with E-state index in [2.05, 4.69) is 0 Å². The van der Waals surface area contributed by atoms with Crippen LogP contribution in [-0.4, -0.2) is 25.3 Å². The van der Waals surface area contributed by atoms with Gasteiger partial charge in [0.1, 0.15) is 0 Å². The molecule has 0 bridgehead atoms. The van der Waals surface area contributed by atoms with Crippen molar-refractivity contribution in [3.05, 3.63) is 18.2 Å². The highest BCUT2D eigenvalue weighted by atomic mass is 19.4. The Hall–Kier alpha value is -1.92. The molecule has 0 aliphatic rings. The van der Waals surface area contributed by atoms with Gasteiger partial charge in [-0.25, -0.2) is 0 Å². The summed E-state index contributed by atoms with van der Waals surface area (Å²) in [5.74, 6) is -1.27. The van der Waals surface area contributed by atoms with Gasteiger partial charge in [0.05, 0.1) is 13.2 Å². The first-order valence-corrected chi connectivity index (χ1v) is 6.66. The number of carbonyl (C=O) groups excluding carboxylic acids is 1. The number of alkyl halides is 3. The van der Waals surface area contributed by atoms with E-state index in [9.17, 15) is 18.0 Å². The van der Waals surface area contributed by atoms with E-state index in [0.29, 0.717) is 24.7 Å². The molecular formula is C14H18F3NO3.